The number of hydrogen-bond donors (Lipinski definition) is 0. The second-order valence-corrected chi connectivity index (χ2v) is 4.49. The van der Waals surface area contributed by atoms with Crippen molar-refractivity contribution in [3.63, 3.8) is 0 Å². The second kappa shape index (κ2) is 4.60. The standard InChI is InChI=1S/C12H17N3O/c1-9-3-5-15(6-4-9)12-11(10(2)16)7-13-8-14-12/h7-9H,3-6H2,1-2H3. The Kier molecular flexibility index (Phi) is 3.17. The molecule has 0 aromatic carbocycles. The fourth-order valence-electron chi connectivity index (χ4n) is 2.04. The number of carbonyl (C=O) groups is 1. The normalized spacial score (nSPS) is 17.5. The van der Waals surface area contributed by atoms with Crippen molar-refractivity contribution in [3.05, 3.63) is 18.1 Å². The van der Waals surface area contributed by atoms with Gasteiger partial charge >= 0.3 is 0 Å². The molecule has 2 rings (SSSR count). The molecule has 86 valence electrons. The zero-order chi connectivity index (χ0) is 11.5. The lowest BCUT2D eigenvalue weighted by Gasteiger charge is -2.31. The van der Waals surface area contributed by atoms with Gasteiger partial charge in [0.1, 0.15) is 12.1 Å². The lowest BCUT2D eigenvalue weighted by molar-refractivity contribution is 0.101. The number of Topliss-reactive ketones (excluding diaryl/α,β-unsaturated/α-hetero) is 1. The number of carbonyl (C=O) groups excluding carboxylic acids is 1. The van der Waals surface area contributed by atoms with Crippen LogP contribution in [0.2, 0.25) is 0 Å². The van der Waals surface area contributed by atoms with Gasteiger partial charge in [-0.1, -0.05) is 6.92 Å². The van der Waals surface area contributed by atoms with Crippen molar-refractivity contribution in [1.29, 1.82) is 0 Å². The van der Waals surface area contributed by atoms with Gasteiger partial charge in [0, 0.05) is 19.3 Å². The molecular formula is C12H17N3O. The van der Waals surface area contributed by atoms with E-state index in [0.29, 0.717) is 5.56 Å². The summed E-state index contributed by atoms with van der Waals surface area (Å²) in [5.41, 5.74) is 0.636. The minimum absolute atomic E-state index is 0.0363. The van der Waals surface area contributed by atoms with Gasteiger partial charge in [-0.3, -0.25) is 4.79 Å². The number of anilines is 1. The van der Waals surface area contributed by atoms with E-state index >= 15 is 0 Å². The SMILES string of the molecule is CC(=O)c1cncnc1N1CCC(C)CC1. The zero-order valence-electron chi connectivity index (χ0n) is 9.81. The van der Waals surface area contributed by atoms with Gasteiger partial charge < -0.3 is 4.90 Å². The molecule has 0 saturated carbocycles. The quantitative estimate of drug-likeness (QED) is 0.713. The highest BCUT2D eigenvalue weighted by Gasteiger charge is 2.20. The highest BCUT2D eigenvalue weighted by molar-refractivity contribution is 5.98. The van der Waals surface area contributed by atoms with Crippen LogP contribution in [0.1, 0.15) is 37.0 Å². The molecule has 0 spiro atoms. The van der Waals surface area contributed by atoms with Crippen molar-refractivity contribution in [3.8, 4) is 0 Å². The highest BCUT2D eigenvalue weighted by atomic mass is 16.1. The average Bonchev–Trinajstić information content (AvgIpc) is 2.30. The van der Waals surface area contributed by atoms with Crippen LogP contribution in [0.5, 0.6) is 0 Å². The van der Waals surface area contributed by atoms with Crippen LogP contribution in [0, 0.1) is 5.92 Å². The molecule has 0 amide bonds. The molecule has 1 aromatic heterocycles. The van der Waals surface area contributed by atoms with Gasteiger partial charge in [0.15, 0.2) is 5.78 Å². The van der Waals surface area contributed by atoms with Crippen molar-refractivity contribution in [2.75, 3.05) is 18.0 Å². The Morgan fingerprint density at radius 1 is 1.44 bits per heavy atom. The third-order valence-electron chi connectivity index (χ3n) is 3.15. The van der Waals surface area contributed by atoms with Crippen molar-refractivity contribution in [2.24, 2.45) is 5.92 Å². The van der Waals surface area contributed by atoms with E-state index in [1.807, 2.05) is 0 Å². The topological polar surface area (TPSA) is 46.1 Å². The zero-order valence-corrected chi connectivity index (χ0v) is 9.81. The van der Waals surface area contributed by atoms with Gasteiger partial charge in [-0.25, -0.2) is 9.97 Å². The maximum absolute atomic E-state index is 11.5. The van der Waals surface area contributed by atoms with Crippen molar-refractivity contribution in [2.45, 2.75) is 26.7 Å². The molecule has 1 aromatic rings. The largest absolute Gasteiger partial charge is 0.356 e. The van der Waals surface area contributed by atoms with E-state index in [1.54, 1.807) is 13.1 Å². The molecule has 1 aliphatic heterocycles. The summed E-state index contributed by atoms with van der Waals surface area (Å²) in [6.45, 7) is 5.80. The van der Waals surface area contributed by atoms with Crippen LogP contribution in [-0.4, -0.2) is 28.8 Å². The maximum atomic E-state index is 11.5. The van der Waals surface area contributed by atoms with E-state index in [0.717, 1.165) is 24.8 Å². The Balaban J connectivity index is 2.23. The van der Waals surface area contributed by atoms with Gasteiger partial charge in [-0.05, 0) is 25.7 Å². The molecule has 4 nitrogen and oxygen atoms in total. The van der Waals surface area contributed by atoms with Gasteiger partial charge in [0.25, 0.3) is 0 Å². The highest BCUT2D eigenvalue weighted by Crippen LogP contribution is 2.23. The number of hydrogen-bond acceptors (Lipinski definition) is 4. The number of aromatic nitrogens is 2. The average molecular weight is 219 g/mol. The first kappa shape index (κ1) is 11.0. The van der Waals surface area contributed by atoms with Crippen LogP contribution < -0.4 is 4.90 Å². The van der Waals surface area contributed by atoms with Crippen LogP contribution >= 0.6 is 0 Å². The Hall–Kier alpha value is -1.45. The lowest BCUT2D eigenvalue weighted by Crippen LogP contribution is -2.34. The molecule has 2 heterocycles. The van der Waals surface area contributed by atoms with Gasteiger partial charge in [0.05, 0.1) is 5.56 Å². The smallest absolute Gasteiger partial charge is 0.165 e. The molecule has 16 heavy (non-hydrogen) atoms. The third kappa shape index (κ3) is 2.21. The Morgan fingerprint density at radius 3 is 2.75 bits per heavy atom. The molecule has 1 aliphatic rings. The molecule has 0 atom stereocenters. The fourth-order valence-corrected chi connectivity index (χ4v) is 2.04. The molecule has 0 aliphatic carbocycles. The van der Waals surface area contributed by atoms with Crippen LogP contribution in [0.3, 0.4) is 0 Å². The Morgan fingerprint density at radius 2 is 2.12 bits per heavy atom. The van der Waals surface area contributed by atoms with Gasteiger partial charge in [0.2, 0.25) is 0 Å². The first-order valence-corrected chi connectivity index (χ1v) is 5.74. The van der Waals surface area contributed by atoms with Crippen LogP contribution in [0.25, 0.3) is 0 Å². The summed E-state index contributed by atoms with van der Waals surface area (Å²) in [6, 6.07) is 0. The van der Waals surface area contributed by atoms with E-state index in [-0.39, 0.29) is 5.78 Å². The summed E-state index contributed by atoms with van der Waals surface area (Å²) >= 11 is 0. The maximum Gasteiger partial charge on any atom is 0.165 e. The molecule has 1 saturated heterocycles. The predicted octanol–water partition coefficient (Wildman–Crippen LogP) is 1.92. The van der Waals surface area contributed by atoms with Crippen LogP contribution in [-0.2, 0) is 0 Å². The fraction of sp³-hybridized carbons (Fsp3) is 0.583. The van der Waals surface area contributed by atoms with Crippen LogP contribution in [0.15, 0.2) is 12.5 Å². The van der Waals surface area contributed by atoms with Crippen molar-refractivity contribution >= 4 is 11.6 Å². The third-order valence-corrected chi connectivity index (χ3v) is 3.15. The monoisotopic (exact) mass is 219 g/mol. The molecule has 0 unspecified atom stereocenters. The predicted molar refractivity (Wildman–Crippen MR) is 62.6 cm³/mol. The van der Waals surface area contributed by atoms with Crippen LogP contribution in [0.4, 0.5) is 5.82 Å². The number of piperidine rings is 1. The second-order valence-electron chi connectivity index (χ2n) is 4.49. The van der Waals surface area contributed by atoms with E-state index in [1.165, 1.54) is 19.2 Å². The van der Waals surface area contributed by atoms with Gasteiger partial charge in [-0.2, -0.15) is 0 Å². The molecule has 0 radical (unpaired) electrons. The molecule has 0 bridgehead atoms. The van der Waals surface area contributed by atoms with Gasteiger partial charge in [-0.15, -0.1) is 0 Å². The molecule has 1 fully saturated rings. The summed E-state index contributed by atoms with van der Waals surface area (Å²) in [5, 5.41) is 0. The summed E-state index contributed by atoms with van der Waals surface area (Å²) in [6.07, 6.45) is 5.46. The van der Waals surface area contributed by atoms with E-state index < -0.39 is 0 Å². The number of ketones is 1. The lowest BCUT2D eigenvalue weighted by atomic mass is 9.99. The molecular weight excluding hydrogens is 202 g/mol. The first-order chi connectivity index (χ1) is 7.68. The molecule has 0 N–H and O–H groups in total. The van der Waals surface area contributed by atoms with E-state index in [4.69, 9.17) is 0 Å². The van der Waals surface area contributed by atoms with Crippen molar-refractivity contribution in [1.82, 2.24) is 9.97 Å². The summed E-state index contributed by atoms with van der Waals surface area (Å²) < 4.78 is 0. The summed E-state index contributed by atoms with van der Waals surface area (Å²) in [4.78, 5) is 21.8. The Labute approximate surface area is 95.7 Å². The number of nitrogens with zero attached hydrogens (tertiary/aromatic N) is 3. The van der Waals surface area contributed by atoms with Crippen molar-refractivity contribution < 1.29 is 4.79 Å². The summed E-state index contributed by atoms with van der Waals surface area (Å²) in [7, 11) is 0. The first-order valence-electron chi connectivity index (χ1n) is 5.74. The van der Waals surface area contributed by atoms with E-state index in [9.17, 15) is 4.79 Å². The van der Waals surface area contributed by atoms with E-state index in [2.05, 4.69) is 21.8 Å². The number of rotatable bonds is 2. The Bertz CT molecular complexity index is 384. The summed E-state index contributed by atoms with van der Waals surface area (Å²) in [5.74, 6) is 1.61. The molecule has 4 heteroatoms. The minimum atomic E-state index is 0.0363. The minimum Gasteiger partial charge on any atom is -0.356 e.